The summed E-state index contributed by atoms with van der Waals surface area (Å²) in [6.07, 6.45) is 1.92. The van der Waals surface area contributed by atoms with Gasteiger partial charge < -0.3 is 10.1 Å². The van der Waals surface area contributed by atoms with Crippen molar-refractivity contribution in [1.82, 2.24) is 9.97 Å². The van der Waals surface area contributed by atoms with Crippen molar-refractivity contribution in [3.8, 4) is 5.75 Å². The van der Waals surface area contributed by atoms with Gasteiger partial charge in [0.2, 0.25) is 0 Å². The highest BCUT2D eigenvalue weighted by atomic mass is 79.9. The van der Waals surface area contributed by atoms with Gasteiger partial charge in [-0.2, -0.15) is 0 Å². The van der Waals surface area contributed by atoms with Crippen LogP contribution in [0.15, 0.2) is 34.9 Å². The van der Waals surface area contributed by atoms with Crippen molar-refractivity contribution in [2.75, 3.05) is 11.9 Å². The number of benzene rings is 1. The van der Waals surface area contributed by atoms with Crippen molar-refractivity contribution in [1.29, 1.82) is 0 Å². The van der Waals surface area contributed by atoms with Crippen LogP contribution in [0.5, 0.6) is 5.75 Å². The summed E-state index contributed by atoms with van der Waals surface area (Å²) < 4.78 is 6.32. The van der Waals surface area contributed by atoms with Gasteiger partial charge in [-0.05, 0) is 47.0 Å². The maximum Gasteiger partial charge on any atom is 0.132 e. The molecule has 0 bridgehead atoms. The number of rotatable bonds is 7. The topological polar surface area (TPSA) is 47.0 Å². The summed E-state index contributed by atoms with van der Waals surface area (Å²) in [6.45, 7) is 5.49. The highest BCUT2D eigenvalue weighted by Gasteiger charge is 2.03. The predicted molar refractivity (Wildman–Crippen MR) is 88.7 cm³/mol. The Balaban J connectivity index is 2.03. The van der Waals surface area contributed by atoms with Crippen LogP contribution in [0, 0.1) is 0 Å². The third-order valence-corrected chi connectivity index (χ3v) is 3.30. The Morgan fingerprint density at radius 1 is 1.19 bits per heavy atom. The molecule has 4 nitrogen and oxygen atoms in total. The van der Waals surface area contributed by atoms with E-state index in [4.69, 9.17) is 4.74 Å². The molecule has 2 aromatic rings. The van der Waals surface area contributed by atoms with Crippen molar-refractivity contribution in [3.63, 3.8) is 0 Å². The van der Waals surface area contributed by atoms with E-state index in [9.17, 15) is 0 Å². The molecule has 21 heavy (non-hydrogen) atoms. The van der Waals surface area contributed by atoms with E-state index in [0.717, 1.165) is 40.4 Å². The number of ether oxygens (including phenoxy) is 1. The summed E-state index contributed by atoms with van der Waals surface area (Å²) in [7, 11) is 0. The Hall–Kier alpha value is -1.62. The molecule has 2 rings (SSSR count). The van der Waals surface area contributed by atoms with Crippen LogP contribution < -0.4 is 10.1 Å². The number of hydrogen-bond donors (Lipinski definition) is 1. The van der Waals surface area contributed by atoms with E-state index in [1.165, 1.54) is 0 Å². The normalized spacial score (nSPS) is 10.4. The van der Waals surface area contributed by atoms with Crippen LogP contribution in [0.2, 0.25) is 0 Å². The monoisotopic (exact) mass is 349 g/mol. The van der Waals surface area contributed by atoms with Crippen LogP contribution in [-0.4, -0.2) is 16.6 Å². The zero-order valence-corrected chi connectivity index (χ0v) is 14.0. The minimum atomic E-state index is 0.677. The SMILES string of the molecule is CCCc1nc(Br)cc(NCc2cccc(OCC)c2)n1. The molecule has 112 valence electrons. The molecule has 0 aliphatic rings. The van der Waals surface area contributed by atoms with Crippen LogP contribution in [0.3, 0.4) is 0 Å². The van der Waals surface area contributed by atoms with Crippen LogP contribution in [0.1, 0.15) is 31.7 Å². The number of aryl methyl sites for hydroxylation is 1. The Bertz CT molecular complexity index is 589. The highest BCUT2D eigenvalue weighted by molar-refractivity contribution is 9.10. The van der Waals surface area contributed by atoms with Crippen molar-refractivity contribution in [2.24, 2.45) is 0 Å². The highest BCUT2D eigenvalue weighted by Crippen LogP contribution is 2.17. The minimum absolute atomic E-state index is 0.677. The van der Waals surface area contributed by atoms with Crippen molar-refractivity contribution < 1.29 is 4.74 Å². The zero-order valence-electron chi connectivity index (χ0n) is 12.4. The fourth-order valence-corrected chi connectivity index (χ4v) is 2.42. The molecule has 0 fully saturated rings. The van der Waals surface area contributed by atoms with Crippen LogP contribution >= 0.6 is 15.9 Å². The van der Waals surface area contributed by atoms with Crippen molar-refractivity contribution in [3.05, 3.63) is 46.3 Å². The maximum absolute atomic E-state index is 5.51. The zero-order chi connectivity index (χ0) is 15.1. The lowest BCUT2D eigenvalue weighted by Crippen LogP contribution is -2.05. The van der Waals surface area contributed by atoms with Crippen molar-refractivity contribution in [2.45, 2.75) is 33.2 Å². The van der Waals surface area contributed by atoms with E-state index in [2.05, 4.69) is 44.2 Å². The third-order valence-electron chi connectivity index (χ3n) is 2.90. The standard InChI is InChI=1S/C16H20BrN3O/c1-3-6-15-19-14(17)10-16(20-15)18-11-12-7-5-8-13(9-12)21-4-2/h5,7-10H,3-4,6,11H2,1-2H3,(H,18,19,20). The number of hydrogen-bond acceptors (Lipinski definition) is 4. The molecular weight excluding hydrogens is 330 g/mol. The predicted octanol–water partition coefficient (Wildman–Crippen LogP) is 4.20. The van der Waals surface area contributed by atoms with E-state index in [1.807, 2.05) is 31.2 Å². The Morgan fingerprint density at radius 3 is 2.81 bits per heavy atom. The van der Waals surface area contributed by atoms with Gasteiger partial charge in [-0.3, -0.25) is 0 Å². The molecule has 0 saturated heterocycles. The fourth-order valence-electron chi connectivity index (χ4n) is 2.00. The van der Waals surface area contributed by atoms with Gasteiger partial charge in [0.15, 0.2) is 0 Å². The molecule has 1 heterocycles. The van der Waals surface area contributed by atoms with Gasteiger partial charge in [-0.15, -0.1) is 0 Å². The van der Waals surface area contributed by atoms with Crippen LogP contribution in [0.25, 0.3) is 0 Å². The molecule has 0 spiro atoms. The first-order chi connectivity index (χ1) is 10.2. The molecule has 1 aromatic heterocycles. The molecule has 0 unspecified atom stereocenters. The molecule has 0 aliphatic carbocycles. The Morgan fingerprint density at radius 2 is 2.05 bits per heavy atom. The molecule has 0 amide bonds. The first-order valence-corrected chi connectivity index (χ1v) is 7.99. The summed E-state index contributed by atoms with van der Waals surface area (Å²) in [5.41, 5.74) is 1.16. The first-order valence-electron chi connectivity index (χ1n) is 7.20. The number of anilines is 1. The van der Waals surface area contributed by atoms with Crippen LogP contribution in [-0.2, 0) is 13.0 Å². The third kappa shape index (κ3) is 5.01. The van der Waals surface area contributed by atoms with E-state index < -0.39 is 0 Å². The summed E-state index contributed by atoms with van der Waals surface area (Å²) in [5, 5.41) is 3.33. The number of halogens is 1. The summed E-state index contributed by atoms with van der Waals surface area (Å²) >= 11 is 3.43. The molecular formula is C16H20BrN3O. The van der Waals surface area contributed by atoms with Gasteiger partial charge in [0.25, 0.3) is 0 Å². The summed E-state index contributed by atoms with van der Waals surface area (Å²) in [4.78, 5) is 8.88. The molecule has 0 aliphatic heterocycles. The first kappa shape index (κ1) is 15.8. The van der Waals surface area contributed by atoms with Gasteiger partial charge in [0, 0.05) is 19.0 Å². The molecule has 5 heteroatoms. The largest absolute Gasteiger partial charge is 0.494 e. The minimum Gasteiger partial charge on any atom is -0.494 e. The van der Waals surface area contributed by atoms with E-state index >= 15 is 0 Å². The lowest BCUT2D eigenvalue weighted by molar-refractivity contribution is 0.340. The number of nitrogens with zero attached hydrogens (tertiary/aromatic N) is 2. The Labute approximate surface area is 134 Å². The van der Waals surface area contributed by atoms with E-state index in [0.29, 0.717) is 13.2 Å². The fraction of sp³-hybridized carbons (Fsp3) is 0.375. The van der Waals surface area contributed by atoms with Gasteiger partial charge in [-0.1, -0.05) is 19.1 Å². The average molecular weight is 350 g/mol. The van der Waals surface area contributed by atoms with Gasteiger partial charge in [-0.25, -0.2) is 9.97 Å². The van der Waals surface area contributed by atoms with Gasteiger partial charge >= 0.3 is 0 Å². The van der Waals surface area contributed by atoms with Gasteiger partial charge in [0.05, 0.1) is 6.61 Å². The second kappa shape index (κ2) is 7.98. The molecule has 0 radical (unpaired) electrons. The summed E-state index contributed by atoms with van der Waals surface area (Å²) in [6, 6.07) is 9.97. The van der Waals surface area contributed by atoms with Crippen LogP contribution in [0.4, 0.5) is 5.82 Å². The average Bonchev–Trinajstić information content (AvgIpc) is 2.46. The summed E-state index contributed by atoms with van der Waals surface area (Å²) in [5.74, 6) is 2.59. The second-order valence-corrected chi connectivity index (χ2v) is 5.49. The molecule has 0 atom stereocenters. The molecule has 1 aromatic carbocycles. The molecule has 1 N–H and O–H groups in total. The Kier molecular flexibility index (Phi) is 5.99. The van der Waals surface area contributed by atoms with E-state index in [1.54, 1.807) is 0 Å². The second-order valence-electron chi connectivity index (χ2n) is 4.68. The molecule has 0 saturated carbocycles. The van der Waals surface area contributed by atoms with E-state index in [-0.39, 0.29) is 0 Å². The maximum atomic E-state index is 5.51. The number of aromatic nitrogens is 2. The number of nitrogens with one attached hydrogen (secondary N) is 1. The lowest BCUT2D eigenvalue weighted by Gasteiger charge is -2.09. The van der Waals surface area contributed by atoms with Gasteiger partial charge in [0.1, 0.15) is 22.0 Å². The van der Waals surface area contributed by atoms with Crippen molar-refractivity contribution >= 4 is 21.7 Å². The smallest absolute Gasteiger partial charge is 0.132 e. The lowest BCUT2D eigenvalue weighted by atomic mass is 10.2. The quantitative estimate of drug-likeness (QED) is 0.760.